The summed E-state index contributed by atoms with van der Waals surface area (Å²) in [6, 6.07) is 0. The third kappa shape index (κ3) is 3.19. The van der Waals surface area contributed by atoms with Crippen molar-refractivity contribution in [2.75, 3.05) is 12.0 Å². The van der Waals surface area contributed by atoms with E-state index in [1.165, 1.54) is 6.42 Å². The Labute approximate surface area is 127 Å². The molecule has 3 N–H and O–H groups in total. The van der Waals surface area contributed by atoms with Crippen LogP contribution in [-0.2, 0) is 16.8 Å². The van der Waals surface area contributed by atoms with Gasteiger partial charge in [-0.1, -0.05) is 20.3 Å². The van der Waals surface area contributed by atoms with E-state index in [4.69, 9.17) is 15.6 Å². The van der Waals surface area contributed by atoms with Crippen LogP contribution in [0.1, 0.15) is 63.5 Å². The first-order valence-corrected chi connectivity index (χ1v) is 8.04. The van der Waals surface area contributed by atoms with E-state index in [9.17, 15) is 0 Å². The molecule has 0 saturated heterocycles. The number of nitrogen functional groups attached to an aromatic ring is 1. The molecule has 2 atom stereocenters. The second-order valence-electron chi connectivity index (χ2n) is 6.09. The predicted molar refractivity (Wildman–Crippen MR) is 84.9 cm³/mol. The normalized spacial score (nSPS) is 25.9. The zero-order valence-corrected chi connectivity index (χ0v) is 13.7. The van der Waals surface area contributed by atoms with E-state index < -0.39 is 0 Å². The molecule has 5 heteroatoms. The van der Waals surface area contributed by atoms with Crippen molar-refractivity contribution in [3.05, 3.63) is 17.1 Å². The summed E-state index contributed by atoms with van der Waals surface area (Å²) in [5.41, 5.74) is 4.44. The van der Waals surface area contributed by atoms with Gasteiger partial charge in [-0.05, 0) is 45.4 Å². The molecule has 5 nitrogen and oxygen atoms in total. The highest BCUT2D eigenvalue weighted by atomic mass is 16.5. The highest BCUT2D eigenvalue weighted by molar-refractivity contribution is 5.45. The van der Waals surface area contributed by atoms with Crippen LogP contribution in [0.2, 0.25) is 0 Å². The summed E-state index contributed by atoms with van der Waals surface area (Å²) in [7, 11) is 0. The van der Waals surface area contributed by atoms with E-state index in [1.807, 2.05) is 13.8 Å². The summed E-state index contributed by atoms with van der Waals surface area (Å²) < 4.78 is 6.17. The molecule has 1 saturated carbocycles. The summed E-state index contributed by atoms with van der Waals surface area (Å²) in [6.45, 7) is 9.11. The summed E-state index contributed by atoms with van der Waals surface area (Å²) in [5, 5.41) is 0. The Morgan fingerprint density at radius 3 is 2.71 bits per heavy atom. The molecule has 2 unspecified atom stereocenters. The minimum atomic E-state index is -0.352. The number of anilines is 1. The molecule has 0 amide bonds. The van der Waals surface area contributed by atoms with E-state index in [0.29, 0.717) is 18.3 Å². The van der Waals surface area contributed by atoms with E-state index in [1.54, 1.807) is 0 Å². The summed E-state index contributed by atoms with van der Waals surface area (Å²) in [5.74, 6) is 7.78. The molecule has 0 spiro atoms. The van der Waals surface area contributed by atoms with Crippen molar-refractivity contribution in [1.82, 2.24) is 9.97 Å². The highest BCUT2D eigenvalue weighted by Gasteiger charge is 2.40. The van der Waals surface area contributed by atoms with Gasteiger partial charge in [0.2, 0.25) is 0 Å². The monoisotopic (exact) mass is 292 g/mol. The first kappa shape index (κ1) is 16.2. The Balaban J connectivity index is 2.49. The molecular weight excluding hydrogens is 264 g/mol. The molecule has 1 aromatic heterocycles. The van der Waals surface area contributed by atoms with Crippen LogP contribution >= 0.6 is 0 Å². The van der Waals surface area contributed by atoms with Gasteiger partial charge in [0.1, 0.15) is 11.4 Å². The lowest BCUT2D eigenvalue weighted by molar-refractivity contribution is -0.0881. The Hall–Kier alpha value is -1.20. The quantitative estimate of drug-likeness (QED) is 0.644. The van der Waals surface area contributed by atoms with Crippen LogP contribution in [0.5, 0.6) is 0 Å². The molecule has 1 aromatic rings. The molecule has 21 heavy (non-hydrogen) atoms. The van der Waals surface area contributed by atoms with Gasteiger partial charge in [-0.25, -0.2) is 15.8 Å². The first-order valence-electron chi connectivity index (χ1n) is 8.04. The standard InChI is InChI=1S/C16H28N4O/c1-5-13-12(4)14(20-17)19-15(18-13)16(21-6-2)9-7-8-11(3)10-16/h11H,5-10,17H2,1-4H3,(H,18,19,20). The number of rotatable bonds is 5. The van der Waals surface area contributed by atoms with Crippen LogP contribution in [0.25, 0.3) is 0 Å². The van der Waals surface area contributed by atoms with Gasteiger partial charge in [0.15, 0.2) is 5.82 Å². The minimum Gasteiger partial charge on any atom is -0.367 e. The lowest BCUT2D eigenvalue weighted by Gasteiger charge is -2.38. The van der Waals surface area contributed by atoms with Crippen molar-refractivity contribution >= 4 is 5.82 Å². The first-order chi connectivity index (χ1) is 10.1. The third-order valence-corrected chi connectivity index (χ3v) is 4.50. The molecule has 0 radical (unpaired) electrons. The average molecular weight is 292 g/mol. The van der Waals surface area contributed by atoms with Gasteiger partial charge in [-0.2, -0.15) is 0 Å². The maximum absolute atomic E-state index is 6.17. The molecule has 1 aliphatic carbocycles. The van der Waals surface area contributed by atoms with Crippen molar-refractivity contribution in [3.63, 3.8) is 0 Å². The van der Waals surface area contributed by atoms with Gasteiger partial charge < -0.3 is 10.2 Å². The van der Waals surface area contributed by atoms with Crippen molar-refractivity contribution in [2.45, 2.75) is 65.4 Å². The van der Waals surface area contributed by atoms with Crippen molar-refractivity contribution in [3.8, 4) is 0 Å². The topological polar surface area (TPSA) is 73.1 Å². The van der Waals surface area contributed by atoms with Crippen molar-refractivity contribution in [1.29, 1.82) is 0 Å². The molecular formula is C16H28N4O. The molecule has 1 heterocycles. The minimum absolute atomic E-state index is 0.352. The maximum Gasteiger partial charge on any atom is 0.162 e. The van der Waals surface area contributed by atoms with Crippen LogP contribution in [-0.4, -0.2) is 16.6 Å². The Bertz CT molecular complexity index is 462. The summed E-state index contributed by atoms with van der Waals surface area (Å²) in [6.07, 6.45) is 5.25. The fraction of sp³-hybridized carbons (Fsp3) is 0.750. The largest absolute Gasteiger partial charge is 0.367 e. The lowest BCUT2D eigenvalue weighted by Crippen LogP contribution is -2.37. The number of nitrogens with two attached hydrogens (primary N) is 1. The van der Waals surface area contributed by atoms with Crippen molar-refractivity contribution < 1.29 is 4.74 Å². The van der Waals surface area contributed by atoms with E-state index in [-0.39, 0.29) is 5.60 Å². The number of aryl methyl sites for hydroxylation is 1. The molecule has 1 aliphatic rings. The Morgan fingerprint density at radius 1 is 1.38 bits per heavy atom. The zero-order valence-electron chi connectivity index (χ0n) is 13.7. The van der Waals surface area contributed by atoms with Gasteiger partial charge in [0.25, 0.3) is 0 Å². The Kier molecular flexibility index (Phi) is 5.17. The SMILES string of the molecule is CCOC1(c2nc(CC)c(C)c(NN)n2)CCCC(C)C1. The second-order valence-corrected chi connectivity index (χ2v) is 6.09. The maximum atomic E-state index is 6.17. The predicted octanol–water partition coefficient (Wildman–Crippen LogP) is 3.07. The second kappa shape index (κ2) is 6.71. The molecule has 1 fully saturated rings. The molecule has 0 aromatic carbocycles. The number of nitrogens with zero attached hydrogens (tertiary/aromatic N) is 2. The van der Waals surface area contributed by atoms with Gasteiger partial charge in [-0.15, -0.1) is 0 Å². The molecule has 2 rings (SSSR count). The number of nitrogens with one attached hydrogen (secondary N) is 1. The van der Waals surface area contributed by atoms with Crippen molar-refractivity contribution in [2.24, 2.45) is 11.8 Å². The number of hydrogen-bond donors (Lipinski definition) is 2. The molecule has 0 bridgehead atoms. The van der Waals surface area contributed by atoms with Gasteiger partial charge in [0, 0.05) is 17.9 Å². The fourth-order valence-electron chi connectivity index (χ4n) is 3.43. The number of hydrogen-bond acceptors (Lipinski definition) is 5. The van der Waals surface area contributed by atoms with Crippen LogP contribution in [0.4, 0.5) is 5.82 Å². The number of hydrazine groups is 1. The van der Waals surface area contributed by atoms with Gasteiger partial charge >= 0.3 is 0 Å². The summed E-state index contributed by atoms with van der Waals surface area (Å²) >= 11 is 0. The number of aromatic nitrogens is 2. The Morgan fingerprint density at radius 2 is 2.14 bits per heavy atom. The van der Waals surface area contributed by atoms with E-state index >= 15 is 0 Å². The van der Waals surface area contributed by atoms with Gasteiger partial charge in [-0.3, -0.25) is 0 Å². The number of ether oxygens (including phenoxy) is 1. The smallest absolute Gasteiger partial charge is 0.162 e. The van der Waals surface area contributed by atoms with Crippen LogP contribution < -0.4 is 11.3 Å². The average Bonchev–Trinajstić information content (AvgIpc) is 2.47. The van der Waals surface area contributed by atoms with Gasteiger partial charge in [0.05, 0.1) is 0 Å². The molecule has 0 aliphatic heterocycles. The zero-order chi connectivity index (χ0) is 15.5. The summed E-state index contributed by atoms with van der Waals surface area (Å²) in [4.78, 5) is 9.49. The highest BCUT2D eigenvalue weighted by Crippen LogP contribution is 2.42. The van der Waals surface area contributed by atoms with Crippen LogP contribution in [0.15, 0.2) is 0 Å². The van der Waals surface area contributed by atoms with E-state index in [0.717, 1.165) is 42.8 Å². The third-order valence-electron chi connectivity index (χ3n) is 4.50. The van der Waals surface area contributed by atoms with Crippen LogP contribution in [0, 0.1) is 12.8 Å². The fourth-order valence-corrected chi connectivity index (χ4v) is 3.43. The van der Waals surface area contributed by atoms with Crippen LogP contribution in [0.3, 0.4) is 0 Å². The lowest BCUT2D eigenvalue weighted by atomic mass is 9.78. The molecule has 118 valence electrons. The van der Waals surface area contributed by atoms with E-state index in [2.05, 4.69) is 24.3 Å².